The molecule has 0 radical (unpaired) electrons. The van der Waals surface area contributed by atoms with E-state index < -0.39 is 5.92 Å². The zero-order chi connectivity index (χ0) is 14.8. The highest BCUT2D eigenvalue weighted by Gasteiger charge is 2.34. The highest BCUT2D eigenvalue weighted by atomic mass is 16.5. The summed E-state index contributed by atoms with van der Waals surface area (Å²) in [6, 6.07) is 8.35. The number of hydrogen-bond donors (Lipinski definition) is 0. The van der Waals surface area contributed by atoms with Crippen LogP contribution in [0.5, 0.6) is 0 Å². The van der Waals surface area contributed by atoms with Crippen LogP contribution in [0.1, 0.15) is 48.7 Å². The van der Waals surface area contributed by atoms with Gasteiger partial charge in [0.2, 0.25) is 0 Å². The Morgan fingerprint density at radius 2 is 2.10 bits per heavy atom. The van der Waals surface area contributed by atoms with E-state index in [-0.39, 0.29) is 5.97 Å². The Labute approximate surface area is 124 Å². The molecule has 0 aliphatic heterocycles. The molecule has 5 nitrogen and oxygen atoms in total. The van der Waals surface area contributed by atoms with Crippen molar-refractivity contribution < 1.29 is 9.53 Å². The zero-order valence-electron chi connectivity index (χ0n) is 12.3. The molecule has 110 valence electrons. The topological polar surface area (TPSA) is 57.0 Å². The molecule has 0 spiro atoms. The van der Waals surface area contributed by atoms with Crippen LogP contribution in [0.15, 0.2) is 30.6 Å². The van der Waals surface area contributed by atoms with Gasteiger partial charge < -0.3 is 9.30 Å². The summed E-state index contributed by atoms with van der Waals surface area (Å²) < 4.78 is 7.26. The van der Waals surface area contributed by atoms with E-state index in [4.69, 9.17) is 4.74 Å². The third kappa shape index (κ3) is 2.82. The lowest BCUT2D eigenvalue weighted by Gasteiger charge is -2.16. The van der Waals surface area contributed by atoms with Gasteiger partial charge in [-0.2, -0.15) is 0 Å². The quantitative estimate of drug-likeness (QED) is 0.792. The van der Waals surface area contributed by atoms with E-state index in [1.807, 2.05) is 42.7 Å². The van der Waals surface area contributed by atoms with Crippen molar-refractivity contribution in [1.29, 1.82) is 0 Å². The van der Waals surface area contributed by atoms with Gasteiger partial charge in [-0.25, -0.2) is 0 Å². The Kier molecular flexibility index (Phi) is 3.73. The van der Waals surface area contributed by atoms with Crippen LogP contribution in [0, 0.1) is 6.92 Å². The molecule has 0 amide bonds. The number of carbonyl (C=O) groups excluding carboxylic acids is 1. The van der Waals surface area contributed by atoms with Gasteiger partial charge in [0.05, 0.1) is 6.61 Å². The van der Waals surface area contributed by atoms with Gasteiger partial charge in [-0.05, 0) is 32.3 Å². The lowest BCUT2D eigenvalue weighted by molar-refractivity contribution is -0.144. The molecule has 1 aliphatic rings. The summed E-state index contributed by atoms with van der Waals surface area (Å²) in [6.45, 7) is 4.20. The predicted molar refractivity (Wildman–Crippen MR) is 77.9 cm³/mol. The molecule has 0 bridgehead atoms. The number of nitrogens with zero attached hydrogens (tertiary/aromatic N) is 3. The van der Waals surface area contributed by atoms with Crippen LogP contribution in [0.4, 0.5) is 0 Å². The molecule has 0 saturated heterocycles. The standard InChI is InChI=1S/C16H19N3O2/c1-3-21-16(20)14(12-6-4-11(2)5-7-12)15-18-17-10-19(15)13-8-9-13/h4-7,10,13-14H,3,8-9H2,1-2H3. The third-order valence-corrected chi connectivity index (χ3v) is 3.73. The molecular formula is C16H19N3O2. The number of carbonyl (C=O) groups is 1. The second kappa shape index (κ2) is 5.68. The first kappa shape index (κ1) is 13.8. The van der Waals surface area contributed by atoms with E-state index in [1.54, 1.807) is 6.33 Å². The molecule has 1 atom stereocenters. The van der Waals surface area contributed by atoms with Crippen molar-refractivity contribution in [3.8, 4) is 0 Å². The number of benzene rings is 1. The Morgan fingerprint density at radius 1 is 1.38 bits per heavy atom. The minimum Gasteiger partial charge on any atom is -0.465 e. The molecular weight excluding hydrogens is 266 g/mol. The normalized spacial score (nSPS) is 15.7. The molecule has 1 unspecified atom stereocenters. The summed E-state index contributed by atoms with van der Waals surface area (Å²) in [5, 5.41) is 8.19. The Balaban J connectivity index is 2.00. The molecule has 1 saturated carbocycles. The molecule has 0 N–H and O–H groups in total. The van der Waals surface area contributed by atoms with Gasteiger partial charge in [0.25, 0.3) is 0 Å². The summed E-state index contributed by atoms with van der Waals surface area (Å²) in [6.07, 6.45) is 3.95. The van der Waals surface area contributed by atoms with E-state index in [0.29, 0.717) is 18.5 Å². The molecule has 1 aliphatic carbocycles. The fourth-order valence-corrected chi connectivity index (χ4v) is 2.47. The van der Waals surface area contributed by atoms with E-state index in [0.717, 1.165) is 24.0 Å². The van der Waals surface area contributed by atoms with Crippen LogP contribution in [0.2, 0.25) is 0 Å². The maximum absolute atomic E-state index is 12.4. The lowest BCUT2D eigenvalue weighted by atomic mass is 9.97. The second-order valence-electron chi connectivity index (χ2n) is 5.42. The summed E-state index contributed by atoms with van der Waals surface area (Å²) in [7, 11) is 0. The average Bonchev–Trinajstić information content (AvgIpc) is 3.21. The van der Waals surface area contributed by atoms with Crippen LogP contribution in [-0.4, -0.2) is 27.3 Å². The van der Waals surface area contributed by atoms with E-state index in [2.05, 4.69) is 10.2 Å². The van der Waals surface area contributed by atoms with Crippen molar-refractivity contribution in [1.82, 2.24) is 14.8 Å². The average molecular weight is 285 g/mol. The van der Waals surface area contributed by atoms with E-state index in [1.165, 1.54) is 0 Å². The molecule has 1 fully saturated rings. The van der Waals surface area contributed by atoms with Gasteiger partial charge in [0, 0.05) is 6.04 Å². The molecule has 3 rings (SSSR count). The van der Waals surface area contributed by atoms with Gasteiger partial charge in [0.1, 0.15) is 12.2 Å². The third-order valence-electron chi connectivity index (χ3n) is 3.73. The molecule has 1 aromatic carbocycles. The smallest absolute Gasteiger partial charge is 0.321 e. The van der Waals surface area contributed by atoms with Crippen molar-refractivity contribution in [3.05, 3.63) is 47.5 Å². The minimum atomic E-state index is -0.506. The number of aryl methyl sites for hydroxylation is 1. The van der Waals surface area contributed by atoms with Crippen molar-refractivity contribution >= 4 is 5.97 Å². The summed E-state index contributed by atoms with van der Waals surface area (Å²) in [5.41, 5.74) is 2.05. The van der Waals surface area contributed by atoms with Gasteiger partial charge in [0.15, 0.2) is 5.82 Å². The van der Waals surface area contributed by atoms with Crippen LogP contribution < -0.4 is 0 Å². The molecule has 1 aromatic heterocycles. The Morgan fingerprint density at radius 3 is 2.71 bits per heavy atom. The molecule has 1 heterocycles. The van der Waals surface area contributed by atoms with Crippen molar-refractivity contribution in [2.24, 2.45) is 0 Å². The minimum absolute atomic E-state index is 0.267. The van der Waals surface area contributed by atoms with Crippen LogP contribution in [-0.2, 0) is 9.53 Å². The first-order valence-electron chi connectivity index (χ1n) is 7.33. The van der Waals surface area contributed by atoms with E-state index >= 15 is 0 Å². The van der Waals surface area contributed by atoms with E-state index in [9.17, 15) is 4.79 Å². The summed E-state index contributed by atoms with van der Waals surface area (Å²) in [4.78, 5) is 12.4. The maximum atomic E-state index is 12.4. The zero-order valence-corrected chi connectivity index (χ0v) is 12.3. The second-order valence-corrected chi connectivity index (χ2v) is 5.42. The predicted octanol–water partition coefficient (Wildman–Crippen LogP) is 2.62. The highest BCUT2D eigenvalue weighted by molar-refractivity contribution is 5.81. The molecule has 5 heteroatoms. The highest BCUT2D eigenvalue weighted by Crippen LogP contribution is 2.38. The Bertz CT molecular complexity index is 629. The SMILES string of the molecule is CCOC(=O)C(c1ccc(C)cc1)c1nncn1C1CC1. The number of esters is 1. The number of rotatable bonds is 5. The molecule has 21 heavy (non-hydrogen) atoms. The largest absolute Gasteiger partial charge is 0.465 e. The summed E-state index contributed by atoms with van der Waals surface area (Å²) in [5.74, 6) is -0.0929. The first-order valence-corrected chi connectivity index (χ1v) is 7.33. The Hall–Kier alpha value is -2.17. The number of ether oxygens (including phenoxy) is 1. The fourth-order valence-electron chi connectivity index (χ4n) is 2.47. The lowest BCUT2D eigenvalue weighted by Crippen LogP contribution is -2.21. The number of hydrogen-bond acceptors (Lipinski definition) is 4. The van der Waals surface area contributed by atoms with Gasteiger partial charge in [-0.1, -0.05) is 29.8 Å². The van der Waals surface area contributed by atoms with Crippen molar-refractivity contribution in [2.45, 2.75) is 38.6 Å². The maximum Gasteiger partial charge on any atom is 0.321 e. The van der Waals surface area contributed by atoms with Gasteiger partial charge >= 0.3 is 5.97 Å². The monoisotopic (exact) mass is 285 g/mol. The van der Waals surface area contributed by atoms with Crippen LogP contribution in [0.3, 0.4) is 0 Å². The van der Waals surface area contributed by atoms with Crippen molar-refractivity contribution in [3.63, 3.8) is 0 Å². The van der Waals surface area contributed by atoms with Gasteiger partial charge in [-0.15, -0.1) is 10.2 Å². The van der Waals surface area contributed by atoms with Gasteiger partial charge in [-0.3, -0.25) is 4.79 Å². The van der Waals surface area contributed by atoms with Crippen molar-refractivity contribution in [2.75, 3.05) is 6.61 Å². The van der Waals surface area contributed by atoms with Crippen LogP contribution in [0.25, 0.3) is 0 Å². The van der Waals surface area contributed by atoms with Crippen LogP contribution >= 0.6 is 0 Å². The first-order chi connectivity index (χ1) is 10.2. The number of aromatic nitrogens is 3. The molecule has 2 aromatic rings. The summed E-state index contributed by atoms with van der Waals surface area (Å²) >= 11 is 0. The fraction of sp³-hybridized carbons (Fsp3) is 0.438.